The van der Waals surface area contributed by atoms with Gasteiger partial charge in [-0.3, -0.25) is 4.90 Å². The maximum atomic E-state index is 8.81. The van der Waals surface area contributed by atoms with Crippen LogP contribution >= 0.6 is 0 Å². The molecule has 1 heterocycles. The second kappa shape index (κ2) is 9.76. The molecule has 0 amide bonds. The van der Waals surface area contributed by atoms with Crippen LogP contribution in [0.15, 0.2) is 24.3 Å². The molecule has 1 aliphatic heterocycles. The predicted octanol–water partition coefficient (Wildman–Crippen LogP) is 2.99. The molecule has 5 nitrogen and oxygen atoms in total. The highest BCUT2D eigenvalue weighted by atomic mass is 16.5. The van der Waals surface area contributed by atoms with E-state index in [0.29, 0.717) is 12.5 Å². The van der Waals surface area contributed by atoms with Crippen LogP contribution in [0.2, 0.25) is 0 Å². The molecule has 2 rings (SSSR count). The zero-order valence-electron chi connectivity index (χ0n) is 15.8. The van der Waals surface area contributed by atoms with E-state index in [1.54, 1.807) is 7.11 Å². The number of benzene rings is 1. The monoisotopic (exact) mass is 345 g/mol. The summed E-state index contributed by atoms with van der Waals surface area (Å²) in [4.78, 5) is 2.49. The summed E-state index contributed by atoms with van der Waals surface area (Å²) in [6, 6.07) is 10.9. The number of nitriles is 1. The van der Waals surface area contributed by atoms with Crippen LogP contribution in [-0.4, -0.2) is 51.4 Å². The van der Waals surface area contributed by atoms with Gasteiger partial charge in [-0.15, -0.1) is 0 Å². The van der Waals surface area contributed by atoms with Gasteiger partial charge in [-0.05, 0) is 29.5 Å². The third kappa shape index (κ3) is 6.32. The van der Waals surface area contributed by atoms with E-state index in [2.05, 4.69) is 42.3 Å². The molecule has 138 valence electrons. The minimum atomic E-state index is 0.130. The molecule has 0 aromatic heterocycles. The zero-order valence-corrected chi connectivity index (χ0v) is 15.8. The van der Waals surface area contributed by atoms with Crippen LogP contribution in [0.25, 0.3) is 0 Å². The molecule has 0 radical (unpaired) electrons. The Morgan fingerprint density at radius 2 is 1.96 bits per heavy atom. The van der Waals surface area contributed by atoms with E-state index in [1.165, 1.54) is 5.56 Å². The molecule has 0 bridgehead atoms. The first kappa shape index (κ1) is 19.7. The van der Waals surface area contributed by atoms with Crippen LogP contribution in [0.3, 0.4) is 0 Å². The average Bonchev–Trinajstić information content (AvgIpc) is 2.64. The van der Waals surface area contributed by atoms with Crippen molar-refractivity contribution < 1.29 is 9.47 Å². The lowest BCUT2D eigenvalue weighted by Crippen LogP contribution is -2.44. The topological polar surface area (TPSA) is 57.5 Å². The van der Waals surface area contributed by atoms with E-state index in [9.17, 15) is 0 Å². The summed E-state index contributed by atoms with van der Waals surface area (Å²) in [7, 11) is 1.69. The summed E-state index contributed by atoms with van der Waals surface area (Å²) in [5.74, 6) is 0.884. The molecular formula is C20H31N3O2. The van der Waals surface area contributed by atoms with Gasteiger partial charge in [0.1, 0.15) is 5.75 Å². The molecule has 1 aliphatic rings. The van der Waals surface area contributed by atoms with Gasteiger partial charge in [0.2, 0.25) is 0 Å². The number of methoxy groups -OCH3 is 1. The van der Waals surface area contributed by atoms with Crippen LogP contribution in [-0.2, 0) is 4.74 Å². The summed E-state index contributed by atoms with van der Waals surface area (Å²) in [6.45, 7) is 9.73. The van der Waals surface area contributed by atoms with Gasteiger partial charge in [0.25, 0.3) is 0 Å². The molecule has 1 aromatic rings. The smallest absolute Gasteiger partial charge is 0.118 e. The fraction of sp³-hybridized carbons (Fsp3) is 0.650. The normalized spacial score (nSPS) is 17.0. The Labute approximate surface area is 151 Å². The van der Waals surface area contributed by atoms with Crippen LogP contribution < -0.4 is 10.1 Å². The Balaban J connectivity index is 2.00. The highest BCUT2D eigenvalue weighted by molar-refractivity contribution is 5.29. The number of ether oxygens (including phenoxy) is 2. The first-order valence-corrected chi connectivity index (χ1v) is 9.09. The highest BCUT2D eigenvalue weighted by Gasteiger charge is 2.24. The number of rotatable bonds is 9. The number of nitrogens with one attached hydrogen (secondary N) is 1. The fourth-order valence-electron chi connectivity index (χ4n) is 3.20. The third-order valence-corrected chi connectivity index (χ3v) is 4.84. The quantitative estimate of drug-likeness (QED) is 0.746. The van der Waals surface area contributed by atoms with E-state index in [-0.39, 0.29) is 5.41 Å². The standard InChI is InChI=1S/C20H31N3O2/c1-20(2,9-4-10-21)16-22-15-19(23-11-13-25-14-12-23)17-5-7-18(24-3)8-6-17/h5-8,19,22H,4,9,11-16H2,1-3H3. The van der Waals surface area contributed by atoms with Gasteiger partial charge in [0, 0.05) is 38.6 Å². The second-order valence-electron chi connectivity index (χ2n) is 7.39. The van der Waals surface area contributed by atoms with Crippen molar-refractivity contribution in [3.8, 4) is 11.8 Å². The largest absolute Gasteiger partial charge is 0.497 e. The van der Waals surface area contributed by atoms with E-state index in [4.69, 9.17) is 14.7 Å². The van der Waals surface area contributed by atoms with Gasteiger partial charge in [-0.25, -0.2) is 0 Å². The van der Waals surface area contributed by atoms with Crippen molar-refractivity contribution in [2.45, 2.75) is 32.7 Å². The highest BCUT2D eigenvalue weighted by Crippen LogP contribution is 2.25. The maximum Gasteiger partial charge on any atom is 0.118 e. The predicted molar refractivity (Wildman–Crippen MR) is 99.6 cm³/mol. The van der Waals surface area contributed by atoms with Crippen LogP contribution in [0.1, 0.15) is 38.3 Å². The fourth-order valence-corrected chi connectivity index (χ4v) is 3.20. The van der Waals surface area contributed by atoms with Crippen molar-refractivity contribution in [3.63, 3.8) is 0 Å². The van der Waals surface area contributed by atoms with Gasteiger partial charge in [-0.1, -0.05) is 26.0 Å². The Morgan fingerprint density at radius 1 is 1.28 bits per heavy atom. The first-order chi connectivity index (χ1) is 12.1. The maximum absolute atomic E-state index is 8.81. The molecule has 1 unspecified atom stereocenters. The van der Waals surface area contributed by atoms with E-state index < -0.39 is 0 Å². The van der Waals surface area contributed by atoms with E-state index in [1.807, 2.05) is 12.1 Å². The van der Waals surface area contributed by atoms with Crippen LogP contribution in [0, 0.1) is 16.7 Å². The van der Waals surface area contributed by atoms with Crippen molar-refractivity contribution in [1.29, 1.82) is 5.26 Å². The summed E-state index contributed by atoms with van der Waals surface area (Å²) < 4.78 is 10.8. The molecule has 25 heavy (non-hydrogen) atoms. The van der Waals surface area contributed by atoms with Crippen molar-refractivity contribution in [2.24, 2.45) is 5.41 Å². The van der Waals surface area contributed by atoms with Crippen molar-refractivity contribution >= 4 is 0 Å². The molecule has 0 aliphatic carbocycles. The summed E-state index contributed by atoms with van der Waals surface area (Å²) in [5, 5.41) is 12.4. The minimum absolute atomic E-state index is 0.130. The average molecular weight is 345 g/mol. The number of nitrogens with zero attached hydrogens (tertiary/aromatic N) is 2. The first-order valence-electron chi connectivity index (χ1n) is 9.09. The summed E-state index contributed by atoms with van der Waals surface area (Å²) >= 11 is 0. The molecular weight excluding hydrogens is 314 g/mol. The zero-order chi connectivity index (χ0) is 18.1. The lowest BCUT2D eigenvalue weighted by Gasteiger charge is -2.36. The van der Waals surface area contributed by atoms with E-state index >= 15 is 0 Å². The molecule has 1 N–H and O–H groups in total. The molecule has 0 saturated carbocycles. The van der Waals surface area contributed by atoms with Crippen LogP contribution in [0.5, 0.6) is 5.75 Å². The van der Waals surface area contributed by atoms with Crippen molar-refractivity contribution in [2.75, 3.05) is 46.5 Å². The number of hydrogen-bond donors (Lipinski definition) is 1. The van der Waals surface area contributed by atoms with Gasteiger partial charge in [0.15, 0.2) is 0 Å². The van der Waals surface area contributed by atoms with E-state index in [0.717, 1.165) is 51.6 Å². The molecule has 1 atom stereocenters. The van der Waals surface area contributed by atoms with Crippen molar-refractivity contribution in [1.82, 2.24) is 10.2 Å². The lowest BCUT2D eigenvalue weighted by molar-refractivity contribution is 0.0157. The van der Waals surface area contributed by atoms with Gasteiger partial charge in [0.05, 0.1) is 26.4 Å². The summed E-state index contributed by atoms with van der Waals surface area (Å²) in [5.41, 5.74) is 1.43. The van der Waals surface area contributed by atoms with Gasteiger partial charge in [-0.2, -0.15) is 5.26 Å². The SMILES string of the molecule is COc1ccc(C(CNCC(C)(C)CCC#N)N2CCOCC2)cc1. The second-order valence-corrected chi connectivity index (χ2v) is 7.39. The third-order valence-electron chi connectivity index (χ3n) is 4.84. The van der Waals surface area contributed by atoms with Gasteiger partial charge < -0.3 is 14.8 Å². The van der Waals surface area contributed by atoms with Crippen LogP contribution in [0.4, 0.5) is 0 Å². The Bertz CT molecular complexity index is 545. The molecule has 5 heteroatoms. The summed E-state index contributed by atoms with van der Waals surface area (Å²) in [6.07, 6.45) is 1.53. The Morgan fingerprint density at radius 3 is 2.56 bits per heavy atom. The molecule has 1 aromatic carbocycles. The molecule has 0 spiro atoms. The Hall–Kier alpha value is -1.61. The molecule has 1 saturated heterocycles. The number of morpholine rings is 1. The number of hydrogen-bond acceptors (Lipinski definition) is 5. The Kier molecular flexibility index (Phi) is 7.70. The van der Waals surface area contributed by atoms with Crippen molar-refractivity contribution in [3.05, 3.63) is 29.8 Å². The molecule has 1 fully saturated rings. The van der Waals surface area contributed by atoms with Gasteiger partial charge >= 0.3 is 0 Å². The lowest BCUT2D eigenvalue weighted by atomic mass is 9.88. The minimum Gasteiger partial charge on any atom is -0.497 e.